The lowest BCUT2D eigenvalue weighted by Crippen LogP contribution is -2.48. The molecule has 3 heterocycles. The van der Waals surface area contributed by atoms with Crippen LogP contribution in [0, 0.1) is 0 Å². The van der Waals surface area contributed by atoms with Gasteiger partial charge in [-0.1, -0.05) is 0 Å². The van der Waals surface area contributed by atoms with Crippen molar-refractivity contribution in [3.63, 3.8) is 0 Å². The highest BCUT2D eigenvalue weighted by Crippen LogP contribution is 2.21. The number of likely N-dealkylation sites (tertiary alicyclic amines) is 1. The maximum absolute atomic E-state index is 12.6. The third-order valence-electron chi connectivity index (χ3n) is 3.70. The van der Waals surface area contributed by atoms with Crippen molar-refractivity contribution in [3.05, 3.63) is 36.3 Å². The monoisotopic (exact) mass is 273 g/mol. The molecule has 0 bridgehead atoms. The lowest BCUT2D eigenvalue weighted by Gasteiger charge is -2.33. The molecule has 0 aliphatic carbocycles. The Bertz CT molecular complexity index is 664. The summed E-state index contributed by atoms with van der Waals surface area (Å²) in [6, 6.07) is 2.73. The van der Waals surface area contributed by atoms with Crippen molar-refractivity contribution in [3.8, 4) is 0 Å². The molecular formula is C14H15N3O3. The Hall–Kier alpha value is -2.37. The zero-order valence-corrected chi connectivity index (χ0v) is 10.9. The standard InChI is InChI=1S/C14H15N3O3/c18-13(17-8-2-1-5-11(17)14(19)20)10-4-3-7-16-9-6-15-12(10)16/h3-4,6-7,9,11H,1-2,5,8H2,(H,19,20). The number of hydrogen-bond donors (Lipinski definition) is 1. The fourth-order valence-electron chi connectivity index (χ4n) is 2.70. The van der Waals surface area contributed by atoms with Gasteiger partial charge in [0.25, 0.3) is 5.91 Å². The summed E-state index contributed by atoms with van der Waals surface area (Å²) in [4.78, 5) is 29.6. The number of pyridine rings is 1. The van der Waals surface area contributed by atoms with Gasteiger partial charge < -0.3 is 14.4 Å². The van der Waals surface area contributed by atoms with Crippen molar-refractivity contribution in [1.82, 2.24) is 14.3 Å². The van der Waals surface area contributed by atoms with Gasteiger partial charge in [-0.05, 0) is 31.4 Å². The number of piperidine rings is 1. The molecule has 1 amide bonds. The van der Waals surface area contributed by atoms with E-state index in [1.165, 1.54) is 4.90 Å². The summed E-state index contributed by atoms with van der Waals surface area (Å²) in [6.45, 7) is 0.484. The molecule has 0 spiro atoms. The van der Waals surface area contributed by atoms with Gasteiger partial charge in [-0.15, -0.1) is 0 Å². The van der Waals surface area contributed by atoms with Crippen LogP contribution in [-0.2, 0) is 4.79 Å². The number of imidazole rings is 1. The summed E-state index contributed by atoms with van der Waals surface area (Å²) in [5.41, 5.74) is 1.01. The third-order valence-corrected chi connectivity index (χ3v) is 3.70. The highest BCUT2D eigenvalue weighted by Gasteiger charge is 2.33. The van der Waals surface area contributed by atoms with Crippen LogP contribution in [0.5, 0.6) is 0 Å². The topological polar surface area (TPSA) is 74.9 Å². The predicted molar refractivity (Wildman–Crippen MR) is 71.5 cm³/mol. The van der Waals surface area contributed by atoms with Crippen LogP contribution in [0.4, 0.5) is 0 Å². The molecule has 6 nitrogen and oxygen atoms in total. The van der Waals surface area contributed by atoms with Crippen LogP contribution < -0.4 is 0 Å². The molecule has 0 saturated carbocycles. The highest BCUT2D eigenvalue weighted by molar-refractivity contribution is 6.01. The van der Waals surface area contributed by atoms with Crippen molar-refractivity contribution >= 4 is 17.5 Å². The molecule has 2 aromatic rings. The van der Waals surface area contributed by atoms with Gasteiger partial charge in [0.1, 0.15) is 11.7 Å². The fraction of sp³-hybridized carbons (Fsp3) is 0.357. The summed E-state index contributed by atoms with van der Waals surface area (Å²) in [5, 5.41) is 9.26. The van der Waals surface area contributed by atoms with Gasteiger partial charge in [-0.3, -0.25) is 4.79 Å². The summed E-state index contributed by atoms with van der Waals surface area (Å²) in [5.74, 6) is -1.19. The largest absolute Gasteiger partial charge is 0.480 e. The first kappa shape index (κ1) is 12.7. The zero-order chi connectivity index (χ0) is 14.1. The van der Waals surface area contributed by atoms with E-state index < -0.39 is 12.0 Å². The molecule has 20 heavy (non-hydrogen) atoms. The number of carbonyl (C=O) groups excluding carboxylic acids is 1. The Balaban J connectivity index is 1.98. The summed E-state index contributed by atoms with van der Waals surface area (Å²) in [6.07, 6.45) is 7.39. The number of amides is 1. The van der Waals surface area contributed by atoms with E-state index in [4.69, 9.17) is 0 Å². The lowest BCUT2D eigenvalue weighted by molar-refractivity contribution is -0.143. The van der Waals surface area contributed by atoms with Gasteiger partial charge in [0.05, 0.1) is 5.56 Å². The number of carboxylic acid groups (broad SMARTS) is 1. The minimum atomic E-state index is -0.937. The maximum atomic E-state index is 12.6. The lowest BCUT2D eigenvalue weighted by atomic mass is 10.0. The van der Waals surface area contributed by atoms with E-state index in [-0.39, 0.29) is 5.91 Å². The minimum absolute atomic E-state index is 0.256. The van der Waals surface area contributed by atoms with Crippen LogP contribution in [0.25, 0.3) is 5.65 Å². The second-order valence-corrected chi connectivity index (χ2v) is 4.93. The average molecular weight is 273 g/mol. The van der Waals surface area contributed by atoms with Crippen LogP contribution in [0.3, 0.4) is 0 Å². The quantitative estimate of drug-likeness (QED) is 0.897. The third kappa shape index (κ3) is 2.03. The van der Waals surface area contributed by atoms with Crippen molar-refractivity contribution < 1.29 is 14.7 Å². The molecule has 1 aliphatic rings. The molecule has 1 atom stereocenters. The number of aliphatic carboxylic acids is 1. The molecule has 1 unspecified atom stereocenters. The average Bonchev–Trinajstić information content (AvgIpc) is 2.94. The van der Waals surface area contributed by atoms with Crippen molar-refractivity contribution in [2.75, 3.05) is 6.54 Å². The minimum Gasteiger partial charge on any atom is -0.480 e. The molecule has 1 saturated heterocycles. The second kappa shape index (κ2) is 4.96. The zero-order valence-electron chi connectivity index (χ0n) is 10.9. The predicted octanol–water partition coefficient (Wildman–Crippen LogP) is 1.41. The molecule has 0 aromatic carbocycles. The van der Waals surface area contributed by atoms with Crippen LogP contribution in [-0.4, -0.2) is 43.9 Å². The molecule has 1 aliphatic heterocycles. The Morgan fingerprint density at radius 1 is 1.30 bits per heavy atom. The molecule has 6 heteroatoms. The Morgan fingerprint density at radius 3 is 2.95 bits per heavy atom. The first-order chi connectivity index (χ1) is 9.68. The van der Waals surface area contributed by atoms with Gasteiger partial charge in [-0.25, -0.2) is 9.78 Å². The SMILES string of the molecule is O=C(O)C1CCCCN1C(=O)c1cccn2ccnc12. The van der Waals surface area contributed by atoms with Crippen molar-refractivity contribution in [2.24, 2.45) is 0 Å². The van der Waals surface area contributed by atoms with E-state index >= 15 is 0 Å². The van der Waals surface area contributed by atoms with Crippen LogP contribution in [0.15, 0.2) is 30.7 Å². The normalized spacial score (nSPS) is 19.2. The van der Waals surface area contributed by atoms with Crippen LogP contribution in [0.1, 0.15) is 29.6 Å². The Labute approximate surface area is 115 Å². The van der Waals surface area contributed by atoms with Gasteiger partial charge in [0.2, 0.25) is 0 Å². The number of aromatic nitrogens is 2. The van der Waals surface area contributed by atoms with Crippen molar-refractivity contribution in [1.29, 1.82) is 0 Å². The number of fused-ring (bicyclic) bond motifs is 1. The number of nitrogens with zero attached hydrogens (tertiary/aromatic N) is 3. The smallest absolute Gasteiger partial charge is 0.326 e. The van der Waals surface area contributed by atoms with E-state index in [9.17, 15) is 14.7 Å². The highest BCUT2D eigenvalue weighted by atomic mass is 16.4. The first-order valence-electron chi connectivity index (χ1n) is 6.64. The Morgan fingerprint density at radius 2 is 2.15 bits per heavy atom. The summed E-state index contributed by atoms with van der Waals surface area (Å²) < 4.78 is 1.76. The summed E-state index contributed by atoms with van der Waals surface area (Å²) in [7, 11) is 0. The fourth-order valence-corrected chi connectivity index (χ4v) is 2.70. The molecule has 0 radical (unpaired) electrons. The van der Waals surface area contributed by atoms with Crippen molar-refractivity contribution in [2.45, 2.75) is 25.3 Å². The van der Waals surface area contributed by atoms with Crippen LogP contribution >= 0.6 is 0 Å². The maximum Gasteiger partial charge on any atom is 0.326 e. The molecule has 1 fully saturated rings. The van der Waals surface area contributed by atoms with Crippen LogP contribution in [0.2, 0.25) is 0 Å². The van der Waals surface area contributed by atoms with Gasteiger partial charge in [-0.2, -0.15) is 0 Å². The number of carbonyl (C=O) groups is 2. The molecule has 3 rings (SSSR count). The Kier molecular flexibility index (Phi) is 3.14. The number of hydrogen-bond acceptors (Lipinski definition) is 3. The summed E-state index contributed by atoms with van der Waals surface area (Å²) >= 11 is 0. The first-order valence-corrected chi connectivity index (χ1v) is 6.64. The molecule has 104 valence electrons. The molecule has 1 N–H and O–H groups in total. The second-order valence-electron chi connectivity index (χ2n) is 4.93. The number of rotatable bonds is 2. The van der Waals surface area contributed by atoms with Gasteiger partial charge in [0.15, 0.2) is 0 Å². The van der Waals surface area contributed by atoms with E-state index in [2.05, 4.69) is 4.98 Å². The van der Waals surface area contributed by atoms with E-state index in [1.807, 2.05) is 6.20 Å². The number of carboxylic acids is 1. The van der Waals surface area contributed by atoms with E-state index in [1.54, 1.807) is 28.9 Å². The van der Waals surface area contributed by atoms with E-state index in [0.717, 1.165) is 12.8 Å². The van der Waals surface area contributed by atoms with E-state index in [0.29, 0.717) is 24.2 Å². The van der Waals surface area contributed by atoms with Gasteiger partial charge in [0, 0.05) is 25.1 Å². The van der Waals surface area contributed by atoms with Gasteiger partial charge >= 0.3 is 5.97 Å². The molecular weight excluding hydrogens is 258 g/mol. The molecule has 2 aromatic heterocycles.